The fourth-order valence-electron chi connectivity index (χ4n) is 3.79. The first kappa shape index (κ1) is 22.9. The van der Waals surface area contributed by atoms with Gasteiger partial charge in [-0.05, 0) is 24.1 Å². The van der Waals surface area contributed by atoms with Gasteiger partial charge in [0, 0.05) is 31.2 Å². The minimum absolute atomic E-state index is 0. The Labute approximate surface area is 182 Å². The number of carbonyl (C=O) groups excluding carboxylic acids is 1. The summed E-state index contributed by atoms with van der Waals surface area (Å²) < 4.78 is 1.75. The van der Waals surface area contributed by atoms with E-state index < -0.39 is 0 Å². The zero-order chi connectivity index (χ0) is 18.8. The molecule has 8 heteroatoms. The van der Waals surface area contributed by atoms with Crippen molar-refractivity contribution in [1.82, 2.24) is 19.7 Å². The van der Waals surface area contributed by atoms with Crippen molar-refractivity contribution >= 4 is 30.7 Å². The second-order valence-corrected chi connectivity index (χ2v) is 6.85. The number of hydrogen-bond donors (Lipinski definition) is 1. The van der Waals surface area contributed by atoms with Crippen molar-refractivity contribution in [2.75, 3.05) is 13.1 Å². The van der Waals surface area contributed by atoms with Crippen LogP contribution in [0.5, 0.6) is 0 Å². The van der Waals surface area contributed by atoms with Gasteiger partial charge in [0.25, 0.3) is 5.91 Å². The summed E-state index contributed by atoms with van der Waals surface area (Å²) in [7, 11) is 0. The van der Waals surface area contributed by atoms with E-state index >= 15 is 0 Å². The molecule has 3 heterocycles. The van der Waals surface area contributed by atoms with E-state index in [1.807, 2.05) is 48.2 Å². The van der Waals surface area contributed by atoms with Crippen molar-refractivity contribution in [3.05, 3.63) is 77.7 Å². The monoisotopic (exact) mass is 433 g/mol. The molecule has 0 spiro atoms. The maximum Gasteiger partial charge on any atom is 0.257 e. The topological polar surface area (TPSA) is 77.0 Å². The van der Waals surface area contributed by atoms with Crippen molar-refractivity contribution in [2.45, 2.75) is 25.3 Å². The van der Waals surface area contributed by atoms with Gasteiger partial charge in [0.05, 0.1) is 17.5 Å². The van der Waals surface area contributed by atoms with E-state index in [0.717, 1.165) is 5.69 Å². The zero-order valence-electron chi connectivity index (χ0n) is 16.1. The molecule has 0 radical (unpaired) electrons. The van der Waals surface area contributed by atoms with Gasteiger partial charge in [-0.1, -0.05) is 43.3 Å². The van der Waals surface area contributed by atoms with Crippen LogP contribution in [0.2, 0.25) is 0 Å². The third-order valence-electron chi connectivity index (χ3n) is 5.18. The molecule has 1 fully saturated rings. The molecule has 2 N–H and O–H groups in total. The van der Waals surface area contributed by atoms with Crippen molar-refractivity contribution < 1.29 is 4.79 Å². The second-order valence-electron chi connectivity index (χ2n) is 6.85. The molecule has 1 amide bonds. The molecule has 0 bridgehead atoms. The predicted octanol–water partition coefficient (Wildman–Crippen LogP) is 3.24. The smallest absolute Gasteiger partial charge is 0.257 e. The fraction of sp³-hybridized carbons (Fsp3) is 0.286. The Morgan fingerprint density at radius 2 is 1.83 bits per heavy atom. The van der Waals surface area contributed by atoms with Gasteiger partial charge in [-0.3, -0.25) is 4.79 Å². The Bertz CT molecular complexity index is 933. The molecule has 1 aliphatic heterocycles. The molecule has 4 rings (SSSR count). The van der Waals surface area contributed by atoms with Crippen LogP contribution in [0.4, 0.5) is 0 Å². The third-order valence-corrected chi connectivity index (χ3v) is 5.18. The first-order valence-corrected chi connectivity index (χ1v) is 9.27. The van der Waals surface area contributed by atoms with E-state index in [-0.39, 0.29) is 42.7 Å². The van der Waals surface area contributed by atoms with Crippen LogP contribution in [0.3, 0.4) is 0 Å². The van der Waals surface area contributed by atoms with Crippen LogP contribution in [0, 0.1) is 0 Å². The summed E-state index contributed by atoms with van der Waals surface area (Å²) in [6.45, 7) is 3.20. The highest BCUT2D eigenvalue weighted by molar-refractivity contribution is 5.95. The van der Waals surface area contributed by atoms with E-state index in [1.54, 1.807) is 17.1 Å². The highest BCUT2D eigenvalue weighted by Gasteiger charge is 2.35. The summed E-state index contributed by atoms with van der Waals surface area (Å²) in [4.78, 5) is 19.4. The maximum absolute atomic E-state index is 13.2. The average Bonchev–Trinajstić information content (AvgIpc) is 3.32. The molecule has 0 unspecified atom stereocenters. The van der Waals surface area contributed by atoms with Gasteiger partial charge in [-0.15, -0.1) is 24.8 Å². The van der Waals surface area contributed by atoms with E-state index in [2.05, 4.69) is 22.2 Å². The van der Waals surface area contributed by atoms with Crippen molar-refractivity contribution in [2.24, 2.45) is 5.73 Å². The van der Waals surface area contributed by atoms with Crippen LogP contribution < -0.4 is 5.73 Å². The highest BCUT2D eigenvalue weighted by atomic mass is 35.5. The summed E-state index contributed by atoms with van der Waals surface area (Å²) in [5, 5.41) is 4.42. The molecule has 3 aromatic rings. The Hall–Kier alpha value is -2.41. The fourth-order valence-corrected chi connectivity index (χ4v) is 3.79. The van der Waals surface area contributed by atoms with Gasteiger partial charge in [0.1, 0.15) is 0 Å². The number of aromatic nitrogens is 3. The van der Waals surface area contributed by atoms with Crippen LogP contribution in [0.1, 0.15) is 34.5 Å². The van der Waals surface area contributed by atoms with Gasteiger partial charge < -0.3 is 10.6 Å². The largest absolute Gasteiger partial charge is 0.336 e. The maximum atomic E-state index is 13.2. The Kier molecular flexibility index (Phi) is 7.79. The standard InChI is InChI=1S/C21H23N5O.2ClH/c1-2-19-16(12-24-26(19)20-10-6-7-11-23-20)21(27)25-13-17(18(22)14-25)15-8-4-3-5-9-15;;/h3-12,17-18H,2,13-14,22H2,1H3;2*1H/t17-,18+;;/m0../s1. The molecule has 0 aliphatic carbocycles. The van der Waals surface area contributed by atoms with E-state index in [4.69, 9.17) is 5.73 Å². The SMILES string of the molecule is CCc1c(C(=O)N2C[C@@H](N)[C@H](c3ccccc3)C2)cnn1-c1ccccn1.Cl.Cl. The minimum Gasteiger partial charge on any atom is -0.336 e. The lowest BCUT2D eigenvalue weighted by Gasteiger charge is -2.17. The van der Waals surface area contributed by atoms with Crippen molar-refractivity contribution in [3.8, 4) is 5.82 Å². The van der Waals surface area contributed by atoms with E-state index in [1.165, 1.54) is 5.56 Å². The molecule has 0 saturated carbocycles. The first-order chi connectivity index (χ1) is 13.2. The molecule has 2 aromatic heterocycles. The normalized spacial score (nSPS) is 18.1. The van der Waals surface area contributed by atoms with E-state index in [9.17, 15) is 4.79 Å². The molecule has 29 heavy (non-hydrogen) atoms. The third kappa shape index (κ3) is 4.45. The predicted molar refractivity (Wildman–Crippen MR) is 118 cm³/mol. The average molecular weight is 434 g/mol. The molecular formula is C21H25Cl2N5O. The molecule has 1 saturated heterocycles. The molecule has 154 valence electrons. The van der Waals surface area contributed by atoms with Gasteiger partial charge in [0.2, 0.25) is 0 Å². The van der Waals surface area contributed by atoms with Crippen molar-refractivity contribution in [3.63, 3.8) is 0 Å². The molecule has 1 aliphatic rings. The summed E-state index contributed by atoms with van der Waals surface area (Å²) >= 11 is 0. The number of carbonyl (C=O) groups is 1. The van der Waals surface area contributed by atoms with Gasteiger partial charge in [-0.2, -0.15) is 5.10 Å². The van der Waals surface area contributed by atoms with Crippen LogP contribution in [-0.2, 0) is 6.42 Å². The number of likely N-dealkylation sites (tertiary alicyclic amines) is 1. The number of pyridine rings is 1. The van der Waals surface area contributed by atoms with Crippen LogP contribution >= 0.6 is 24.8 Å². The number of nitrogens with two attached hydrogens (primary N) is 1. The highest BCUT2D eigenvalue weighted by Crippen LogP contribution is 2.28. The summed E-state index contributed by atoms with van der Waals surface area (Å²) in [6, 6.07) is 15.8. The number of rotatable bonds is 4. The number of halogens is 2. The first-order valence-electron chi connectivity index (χ1n) is 9.27. The zero-order valence-corrected chi connectivity index (χ0v) is 17.8. The molecule has 2 atom stereocenters. The van der Waals surface area contributed by atoms with Gasteiger partial charge in [0.15, 0.2) is 5.82 Å². The van der Waals surface area contributed by atoms with Crippen LogP contribution in [-0.4, -0.2) is 44.7 Å². The number of nitrogens with zero attached hydrogens (tertiary/aromatic N) is 4. The quantitative estimate of drug-likeness (QED) is 0.684. The van der Waals surface area contributed by atoms with E-state index in [0.29, 0.717) is 30.9 Å². The van der Waals surface area contributed by atoms with Crippen LogP contribution in [0.25, 0.3) is 5.82 Å². The Morgan fingerprint density at radius 3 is 2.48 bits per heavy atom. The number of amides is 1. The lowest BCUT2D eigenvalue weighted by Crippen LogP contribution is -2.32. The molecule has 1 aromatic carbocycles. The second kappa shape index (κ2) is 9.87. The molecular weight excluding hydrogens is 409 g/mol. The van der Waals surface area contributed by atoms with Gasteiger partial charge in [-0.25, -0.2) is 9.67 Å². The molecule has 6 nitrogen and oxygen atoms in total. The summed E-state index contributed by atoms with van der Waals surface area (Å²) in [5.41, 5.74) is 9.04. The summed E-state index contributed by atoms with van der Waals surface area (Å²) in [6.07, 6.45) is 4.07. The van der Waals surface area contributed by atoms with Gasteiger partial charge >= 0.3 is 0 Å². The van der Waals surface area contributed by atoms with Crippen molar-refractivity contribution in [1.29, 1.82) is 0 Å². The van der Waals surface area contributed by atoms with Crippen LogP contribution in [0.15, 0.2) is 60.9 Å². The Balaban J connectivity index is 0.00000150. The lowest BCUT2D eigenvalue weighted by atomic mass is 9.95. The summed E-state index contributed by atoms with van der Waals surface area (Å²) in [5.74, 6) is 0.864. The lowest BCUT2D eigenvalue weighted by molar-refractivity contribution is 0.0788. The minimum atomic E-state index is -0.0627. The number of benzene rings is 1. The Morgan fingerprint density at radius 1 is 1.10 bits per heavy atom. The number of hydrogen-bond acceptors (Lipinski definition) is 4.